The molecule has 0 aromatic heterocycles. The molecule has 0 aromatic rings. The Hall–Kier alpha value is -1.37. The van der Waals surface area contributed by atoms with E-state index in [1.165, 1.54) is 11.1 Å². The van der Waals surface area contributed by atoms with Crippen LogP contribution in [0.15, 0.2) is 52.7 Å². The van der Waals surface area contributed by atoms with Crippen LogP contribution < -0.4 is 0 Å². The minimum atomic E-state index is 0.425. The molecule has 1 unspecified atom stereocenters. The zero-order valence-corrected chi connectivity index (χ0v) is 9.12. The van der Waals surface area contributed by atoms with Gasteiger partial charge < -0.3 is 0 Å². The summed E-state index contributed by atoms with van der Waals surface area (Å²) >= 11 is 0. The Bertz CT molecular complexity index is 340. The third-order valence-electron chi connectivity index (χ3n) is 2.53. The van der Waals surface area contributed by atoms with Crippen molar-refractivity contribution < 1.29 is 0 Å². The molecule has 1 nitrogen and oxygen atoms in total. The highest BCUT2D eigenvalue weighted by atomic mass is 14.8. The maximum Gasteiger partial charge on any atom is 0.0501 e. The smallest absolute Gasteiger partial charge is 0.0501 e. The zero-order valence-electron chi connectivity index (χ0n) is 9.12. The van der Waals surface area contributed by atoms with Crippen molar-refractivity contribution in [2.24, 2.45) is 10.9 Å². The maximum absolute atomic E-state index is 4.41. The Morgan fingerprint density at radius 1 is 1.57 bits per heavy atom. The summed E-state index contributed by atoms with van der Waals surface area (Å²) in [6.45, 7) is 10.1. The lowest BCUT2D eigenvalue weighted by Crippen LogP contribution is -2.05. The standard InChI is InChI=1S/C13H17N/c1-5-6-7-11(3)13-12(4)10(2)8-9-14-13/h5-9,12H,1H2,2-4H3/b7-6-,13-11+. The molecule has 1 rings (SSSR count). The van der Waals surface area contributed by atoms with Crippen LogP contribution in [-0.2, 0) is 0 Å². The van der Waals surface area contributed by atoms with Gasteiger partial charge in [-0.25, -0.2) is 0 Å². The minimum Gasteiger partial charge on any atom is -0.260 e. The molecule has 0 aliphatic carbocycles. The quantitative estimate of drug-likeness (QED) is 0.585. The van der Waals surface area contributed by atoms with Crippen LogP contribution >= 0.6 is 0 Å². The molecule has 0 radical (unpaired) electrons. The molecule has 1 heterocycles. The largest absolute Gasteiger partial charge is 0.260 e. The van der Waals surface area contributed by atoms with E-state index in [0.717, 1.165) is 5.70 Å². The fraction of sp³-hybridized carbons (Fsp3) is 0.308. The van der Waals surface area contributed by atoms with E-state index in [1.807, 2.05) is 12.3 Å². The highest BCUT2D eigenvalue weighted by Crippen LogP contribution is 2.26. The number of hydrogen-bond acceptors (Lipinski definition) is 1. The molecule has 0 fully saturated rings. The Morgan fingerprint density at radius 2 is 2.29 bits per heavy atom. The zero-order chi connectivity index (χ0) is 10.6. The highest BCUT2D eigenvalue weighted by molar-refractivity contribution is 5.75. The van der Waals surface area contributed by atoms with Gasteiger partial charge in [-0.3, -0.25) is 4.99 Å². The first-order valence-corrected chi connectivity index (χ1v) is 4.87. The van der Waals surface area contributed by atoms with E-state index < -0.39 is 0 Å². The summed E-state index contributed by atoms with van der Waals surface area (Å²) in [6.07, 6.45) is 9.71. The van der Waals surface area contributed by atoms with Gasteiger partial charge in [-0.15, -0.1) is 0 Å². The van der Waals surface area contributed by atoms with Gasteiger partial charge in [0.1, 0.15) is 0 Å². The number of nitrogens with zero attached hydrogens (tertiary/aromatic N) is 1. The molecule has 1 aliphatic rings. The average Bonchev–Trinajstić information content (AvgIpc) is 2.18. The Balaban J connectivity index is 2.98. The second kappa shape index (κ2) is 4.75. The van der Waals surface area contributed by atoms with E-state index in [2.05, 4.69) is 44.5 Å². The van der Waals surface area contributed by atoms with E-state index in [1.54, 1.807) is 6.08 Å². The summed E-state index contributed by atoms with van der Waals surface area (Å²) in [4.78, 5) is 4.41. The fourth-order valence-corrected chi connectivity index (χ4v) is 1.45. The highest BCUT2D eigenvalue weighted by Gasteiger charge is 2.13. The monoisotopic (exact) mass is 187 g/mol. The van der Waals surface area contributed by atoms with Gasteiger partial charge >= 0.3 is 0 Å². The molecule has 74 valence electrons. The molecule has 0 saturated heterocycles. The summed E-state index contributed by atoms with van der Waals surface area (Å²) in [5.74, 6) is 0.425. The molecule has 14 heavy (non-hydrogen) atoms. The third kappa shape index (κ3) is 2.32. The van der Waals surface area contributed by atoms with E-state index >= 15 is 0 Å². The SMILES string of the molecule is C=C/C=C\C(C)=C1\N=CC=C(C)C1C. The second-order valence-electron chi connectivity index (χ2n) is 3.57. The minimum absolute atomic E-state index is 0.425. The van der Waals surface area contributed by atoms with Crippen molar-refractivity contribution in [2.75, 3.05) is 0 Å². The van der Waals surface area contributed by atoms with Crippen molar-refractivity contribution in [1.82, 2.24) is 0 Å². The predicted octanol–water partition coefficient (Wildman–Crippen LogP) is 3.67. The molecule has 1 atom stereocenters. The topological polar surface area (TPSA) is 12.4 Å². The molecular weight excluding hydrogens is 170 g/mol. The Morgan fingerprint density at radius 3 is 2.93 bits per heavy atom. The lowest BCUT2D eigenvalue weighted by molar-refractivity contribution is 0.774. The lowest BCUT2D eigenvalue weighted by atomic mass is 9.94. The van der Waals surface area contributed by atoms with Gasteiger partial charge in [0.15, 0.2) is 0 Å². The van der Waals surface area contributed by atoms with Crippen molar-refractivity contribution in [1.29, 1.82) is 0 Å². The van der Waals surface area contributed by atoms with E-state index in [-0.39, 0.29) is 0 Å². The Labute approximate surface area is 86.2 Å². The Kier molecular flexibility index (Phi) is 3.63. The van der Waals surface area contributed by atoms with Gasteiger partial charge in [-0.05, 0) is 25.5 Å². The van der Waals surface area contributed by atoms with Crippen LogP contribution in [0.2, 0.25) is 0 Å². The van der Waals surface area contributed by atoms with Crippen LogP contribution in [-0.4, -0.2) is 6.21 Å². The van der Waals surface area contributed by atoms with E-state index in [9.17, 15) is 0 Å². The lowest BCUT2D eigenvalue weighted by Gasteiger charge is -2.17. The predicted molar refractivity (Wildman–Crippen MR) is 63.5 cm³/mol. The normalized spacial score (nSPS) is 25.1. The summed E-state index contributed by atoms with van der Waals surface area (Å²) in [5, 5.41) is 0. The van der Waals surface area contributed by atoms with Crippen molar-refractivity contribution in [3.8, 4) is 0 Å². The van der Waals surface area contributed by atoms with Gasteiger partial charge in [0.2, 0.25) is 0 Å². The average molecular weight is 187 g/mol. The van der Waals surface area contributed by atoms with Crippen molar-refractivity contribution in [2.45, 2.75) is 20.8 Å². The van der Waals surface area contributed by atoms with Crippen molar-refractivity contribution in [3.05, 3.63) is 47.7 Å². The molecule has 1 heteroatoms. The molecule has 0 saturated carbocycles. The first-order chi connectivity index (χ1) is 6.66. The third-order valence-corrected chi connectivity index (χ3v) is 2.53. The molecule has 0 aromatic carbocycles. The first kappa shape index (κ1) is 10.7. The van der Waals surface area contributed by atoms with Gasteiger partial charge in [0.05, 0.1) is 5.70 Å². The summed E-state index contributed by atoms with van der Waals surface area (Å²) < 4.78 is 0. The molecule has 0 spiro atoms. The van der Waals surface area contributed by atoms with Gasteiger partial charge in [0.25, 0.3) is 0 Å². The van der Waals surface area contributed by atoms with Gasteiger partial charge in [0, 0.05) is 12.1 Å². The molecule has 0 amide bonds. The van der Waals surface area contributed by atoms with Crippen LogP contribution in [0.1, 0.15) is 20.8 Å². The van der Waals surface area contributed by atoms with Crippen LogP contribution in [0.3, 0.4) is 0 Å². The van der Waals surface area contributed by atoms with Crippen LogP contribution in [0.25, 0.3) is 0 Å². The fourth-order valence-electron chi connectivity index (χ4n) is 1.45. The number of rotatable bonds is 2. The number of aliphatic imine (C=N–C) groups is 1. The number of allylic oxidation sites excluding steroid dienone is 6. The molecule has 0 N–H and O–H groups in total. The van der Waals surface area contributed by atoms with Gasteiger partial charge in [-0.1, -0.05) is 37.3 Å². The number of dihydropyridines is 1. The van der Waals surface area contributed by atoms with E-state index in [4.69, 9.17) is 0 Å². The van der Waals surface area contributed by atoms with E-state index in [0.29, 0.717) is 5.92 Å². The first-order valence-electron chi connectivity index (χ1n) is 4.87. The summed E-state index contributed by atoms with van der Waals surface area (Å²) in [7, 11) is 0. The number of hydrogen-bond donors (Lipinski definition) is 0. The molecule has 1 aliphatic heterocycles. The summed E-state index contributed by atoms with van der Waals surface area (Å²) in [6, 6.07) is 0. The molecule has 0 bridgehead atoms. The van der Waals surface area contributed by atoms with Crippen molar-refractivity contribution >= 4 is 6.21 Å². The van der Waals surface area contributed by atoms with Gasteiger partial charge in [-0.2, -0.15) is 0 Å². The second-order valence-corrected chi connectivity index (χ2v) is 3.57. The van der Waals surface area contributed by atoms with Crippen LogP contribution in [0, 0.1) is 5.92 Å². The van der Waals surface area contributed by atoms with Crippen LogP contribution in [0.5, 0.6) is 0 Å². The van der Waals surface area contributed by atoms with Crippen LogP contribution in [0.4, 0.5) is 0 Å². The molecular formula is C13H17N. The van der Waals surface area contributed by atoms with Crippen molar-refractivity contribution in [3.63, 3.8) is 0 Å². The summed E-state index contributed by atoms with van der Waals surface area (Å²) in [5.41, 5.74) is 3.73. The maximum atomic E-state index is 4.41.